The molecule has 0 bridgehead atoms. The van der Waals surface area contributed by atoms with Crippen molar-refractivity contribution in [1.29, 1.82) is 0 Å². The number of hydrogen-bond acceptors (Lipinski definition) is 23. The molecule has 4 aromatic heterocycles. The number of carbonyl (C=O) groups is 3. The number of rotatable bonds is 14. The minimum absolute atomic E-state index is 0.106. The highest BCUT2D eigenvalue weighted by Crippen LogP contribution is 2.28. The van der Waals surface area contributed by atoms with E-state index in [1.807, 2.05) is 184 Å². The summed E-state index contributed by atoms with van der Waals surface area (Å²) in [7, 11) is 0. The Bertz CT molecular complexity index is 3820. The number of nitrogens with two attached hydrogens (primary N) is 1. The van der Waals surface area contributed by atoms with Gasteiger partial charge in [-0.15, -0.1) is 0 Å². The van der Waals surface area contributed by atoms with Crippen molar-refractivity contribution in [1.82, 2.24) is 59.9 Å². The normalized spacial score (nSPS) is 17.0. The molecule has 0 aliphatic carbocycles. The number of halogens is 3. The van der Waals surface area contributed by atoms with Gasteiger partial charge in [0.05, 0.1) is 0 Å². The summed E-state index contributed by atoms with van der Waals surface area (Å²) in [5, 5.41) is 21.1. The number of anilines is 7. The quantitative estimate of drug-likeness (QED) is 0.0393. The number of likely N-dealkylation sites (tertiary alicyclic amines) is 3. The Kier molecular flexibility index (Phi) is 28.2. The Morgan fingerprint density at radius 2 is 0.780 bits per heavy atom. The first-order valence-electron chi connectivity index (χ1n) is 32.8. The first-order chi connectivity index (χ1) is 47.7. The molecule has 4 aromatic carbocycles. The number of carbonyl (C=O) groups excluding carboxylic acids is 3. The van der Waals surface area contributed by atoms with Gasteiger partial charge in [-0.3, -0.25) is 0 Å². The van der Waals surface area contributed by atoms with Crippen molar-refractivity contribution >= 4 is 93.5 Å². The third-order valence-corrected chi connectivity index (χ3v) is 15.1. The summed E-state index contributed by atoms with van der Waals surface area (Å²) in [5.74, 6) is 6.79. The topological polar surface area (TPSA) is 308 Å². The van der Waals surface area contributed by atoms with Gasteiger partial charge < -0.3 is 76.0 Å². The zero-order chi connectivity index (χ0) is 71.7. The summed E-state index contributed by atoms with van der Waals surface area (Å²) < 4.78 is 27.7. The molecule has 8 heterocycles. The molecule has 4 aliphatic rings. The van der Waals surface area contributed by atoms with Crippen molar-refractivity contribution in [3.8, 4) is 23.0 Å². The number of aromatic nitrogens is 8. The lowest BCUT2D eigenvalue weighted by atomic mass is 10.2. The molecule has 29 heteroatoms. The van der Waals surface area contributed by atoms with E-state index in [0.717, 1.165) is 91.3 Å². The maximum absolute atomic E-state index is 12.3. The first kappa shape index (κ1) is 76.2. The third-order valence-electron chi connectivity index (χ3n) is 14.5. The molecular formula is C71H89Cl3N18O8. The van der Waals surface area contributed by atoms with E-state index in [0.29, 0.717) is 71.7 Å². The van der Waals surface area contributed by atoms with Crippen LogP contribution in [0, 0.1) is 0 Å². The van der Waals surface area contributed by atoms with E-state index in [1.165, 1.54) is 25.0 Å². The maximum Gasteiger partial charge on any atom is 0.410 e. The predicted molar refractivity (Wildman–Crippen MR) is 391 cm³/mol. The second-order valence-corrected chi connectivity index (χ2v) is 27.7. The number of nitrogens with one attached hydrogen (secondary N) is 6. The molecule has 4 aliphatic heterocycles. The fourth-order valence-corrected chi connectivity index (χ4v) is 10.4. The van der Waals surface area contributed by atoms with Gasteiger partial charge in [-0.1, -0.05) is 71.2 Å². The number of nitrogens with zero attached hydrogens (tertiary/aromatic N) is 11. The van der Waals surface area contributed by atoms with Crippen LogP contribution in [0.4, 0.5) is 54.8 Å². The maximum atomic E-state index is 12.3. The Morgan fingerprint density at radius 1 is 0.430 bits per heavy atom. The second kappa shape index (κ2) is 37.0. The zero-order valence-electron chi connectivity index (χ0n) is 57.7. The van der Waals surface area contributed by atoms with E-state index in [9.17, 15) is 14.4 Å². The van der Waals surface area contributed by atoms with E-state index in [4.69, 9.17) is 64.2 Å². The molecule has 4 atom stereocenters. The van der Waals surface area contributed by atoms with Gasteiger partial charge in [0.1, 0.15) is 110 Å². The van der Waals surface area contributed by atoms with Crippen molar-refractivity contribution in [2.24, 2.45) is 5.73 Å². The molecule has 3 amide bonds. The van der Waals surface area contributed by atoms with E-state index >= 15 is 0 Å². The van der Waals surface area contributed by atoms with Crippen molar-refractivity contribution in [2.45, 2.75) is 129 Å². The standard InChI is InChI=1S/C25H29N5O3.C20H21N5O.C13H19ClN4O2.C9H18N2O2.C4H2Cl2N2/c1-25(2,3)33-24(31)30-14-13-19(16-30)29-23-15-22(26-17-27-23)28-18-9-11-21(12-10-18)32-20-7-5-4-6-8-20;1-2-4-17(5-3-1)26-18-8-6-15(7-9-18)24-19-12-20(23-14-22-19)25-16-10-11-21-13-16;1-13(2,3)20-12(19)18-5-4-9(7-18)17-11-6-10(14)15-8-16-11;1-9(2,3)13-8(12)11-5-4-7(10)6-11;5-3-1-4(6)8-2-7-3/h4-12,15,17,19H,13-14,16H2,1-3H3,(H2,26,27,28,29);1-9,12,14,16,21H,10-11,13H2,(H2,22,23,24,25);6,8-9H,4-5,7H2,1-3H3,(H,15,16,17);7H,4-6,10H2,1-3H3;1-2H. The lowest BCUT2D eigenvalue weighted by Crippen LogP contribution is -2.36. The minimum atomic E-state index is -0.498. The summed E-state index contributed by atoms with van der Waals surface area (Å²) in [4.78, 5) is 73.1. The molecule has 26 nitrogen and oxygen atoms in total. The van der Waals surface area contributed by atoms with E-state index in [2.05, 4.69) is 71.8 Å². The average molecular weight is 1430 g/mol. The van der Waals surface area contributed by atoms with Crippen LogP contribution in [0.1, 0.15) is 88.0 Å². The Hall–Kier alpha value is -9.60. The third kappa shape index (κ3) is 28.0. The van der Waals surface area contributed by atoms with Crippen LogP contribution in [0.3, 0.4) is 0 Å². The van der Waals surface area contributed by atoms with Crippen LogP contribution in [-0.4, -0.2) is 166 Å². The highest BCUT2D eigenvalue weighted by molar-refractivity contribution is 6.33. The lowest BCUT2D eigenvalue weighted by Gasteiger charge is -2.24. The average Bonchev–Trinajstić information content (AvgIpc) is 1.86. The van der Waals surface area contributed by atoms with Gasteiger partial charge in [-0.05, 0) is 167 Å². The number of para-hydroxylation sites is 2. The first-order valence-corrected chi connectivity index (χ1v) is 34.0. The summed E-state index contributed by atoms with van der Waals surface area (Å²) in [5.41, 5.74) is 6.12. The molecule has 4 saturated heterocycles. The molecule has 8 N–H and O–H groups in total. The van der Waals surface area contributed by atoms with E-state index < -0.39 is 16.8 Å². The molecule has 8 aromatic rings. The minimum Gasteiger partial charge on any atom is -0.457 e. The van der Waals surface area contributed by atoms with Crippen LogP contribution in [0.2, 0.25) is 15.5 Å². The summed E-state index contributed by atoms with van der Waals surface area (Å²) in [6, 6.07) is 42.6. The van der Waals surface area contributed by atoms with Gasteiger partial charge >= 0.3 is 18.3 Å². The van der Waals surface area contributed by atoms with Gasteiger partial charge in [0, 0.05) is 106 Å². The van der Waals surface area contributed by atoms with Crippen molar-refractivity contribution in [3.05, 3.63) is 174 Å². The molecule has 0 radical (unpaired) electrons. The van der Waals surface area contributed by atoms with Crippen molar-refractivity contribution in [3.63, 3.8) is 0 Å². The van der Waals surface area contributed by atoms with Gasteiger partial charge in [0.15, 0.2) is 0 Å². The van der Waals surface area contributed by atoms with E-state index in [1.54, 1.807) is 27.1 Å². The predicted octanol–water partition coefficient (Wildman–Crippen LogP) is 14.5. The fourth-order valence-electron chi connectivity index (χ4n) is 9.92. The van der Waals surface area contributed by atoms with Gasteiger partial charge in [0.25, 0.3) is 0 Å². The summed E-state index contributed by atoms with van der Waals surface area (Å²) >= 11 is 16.6. The molecule has 532 valence electrons. The van der Waals surface area contributed by atoms with Gasteiger partial charge in [0.2, 0.25) is 0 Å². The van der Waals surface area contributed by atoms with Crippen LogP contribution >= 0.6 is 34.8 Å². The monoisotopic (exact) mass is 1430 g/mol. The molecule has 4 unspecified atom stereocenters. The van der Waals surface area contributed by atoms with Crippen LogP contribution in [0.5, 0.6) is 23.0 Å². The van der Waals surface area contributed by atoms with Crippen LogP contribution in [0.15, 0.2) is 159 Å². The fraction of sp³-hybridized carbons (Fsp3) is 0.394. The number of hydrogen-bond donors (Lipinski definition) is 7. The van der Waals surface area contributed by atoms with Gasteiger partial charge in [-0.2, -0.15) is 0 Å². The van der Waals surface area contributed by atoms with Crippen molar-refractivity contribution < 1.29 is 38.1 Å². The smallest absolute Gasteiger partial charge is 0.410 e. The number of ether oxygens (including phenoxy) is 5. The van der Waals surface area contributed by atoms with Crippen LogP contribution in [0.25, 0.3) is 0 Å². The molecular weight excluding hydrogens is 1340 g/mol. The SMILES string of the molecule is CC(C)(C)OC(=O)N1CCC(N)C1.CC(C)(C)OC(=O)N1CCC(Nc2cc(Cl)ncn2)C1.CC(C)(C)OC(=O)N1CCC(Nc2cc(Nc3ccc(Oc4ccccc4)cc3)ncn2)C1.Clc1cc(Cl)ncn1.c1ccc(Oc2ccc(Nc3cc(NC4CCNC4)ncn3)cc2)cc1. The second-order valence-electron chi connectivity index (χ2n) is 26.5. The molecule has 12 rings (SSSR count). The van der Waals surface area contributed by atoms with Crippen molar-refractivity contribution in [2.75, 3.05) is 78.9 Å². The number of amides is 3. The molecule has 4 fully saturated rings. The summed E-state index contributed by atoms with van der Waals surface area (Å²) in [6.07, 6.45) is 8.65. The highest BCUT2D eigenvalue weighted by Gasteiger charge is 2.32. The molecule has 0 spiro atoms. The lowest BCUT2D eigenvalue weighted by molar-refractivity contribution is 0.0282. The zero-order valence-corrected chi connectivity index (χ0v) is 60.0. The molecule has 0 saturated carbocycles. The van der Waals surface area contributed by atoms with E-state index in [-0.39, 0.29) is 36.4 Å². The highest BCUT2D eigenvalue weighted by atomic mass is 35.5. The van der Waals surface area contributed by atoms with Crippen LogP contribution in [-0.2, 0) is 14.2 Å². The van der Waals surface area contributed by atoms with Crippen LogP contribution < -0.4 is 47.1 Å². The summed E-state index contributed by atoms with van der Waals surface area (Å²) in [6.45, 7) is 22.6. The largest absolute Gasteiger partial charge is 0.457 e. The number of benzene rings is 4. The Balaban J connectivity index is 0.000000170. The molecule has 100 heavy (non-hydrogen) atoms. The van der Waals surface area contributed by atoms with Gasteiger partial charge in [-0.25, -0.2) is 54.3 Å². The Morgan fingerprint density at radius 3 is 1.14 bits per heavy atom. The Labute approximate surface area is 599 Å².